The summed E-state index contributed by atoms with van der Waals surface area (Å²) >= 11 is 8.87. The number of rotatable bonds is 1. The Morgan fingerprint density at radius 3 is 2.82 bits per heavy atom. The molecule has 0 aromatic heterocycles. The summed E-state index contributed by atoms with van der Waals surface area (Å²) in [5.74, 6) is 0.218. The van der Waals surface area contributed by atoms with Gasteiger partial charge in [0.25, 0.3) is 0 Å². The van der Waals surface area contributed by atoms with E-state index >= 15 is 0 Å². The van der Waals surface area contributed by atoms with Crippen molar-refractivity contribution in [1.82, 2.24) is 0 Å². The summed E-state index contributed by atoms with van der Waals surface area (Å²) < 4.78 is 0. The smallest absolute Gasteiger partial charge is 0.116 e. The fourth-order valence-corrected chi connectivity index (χ4v) is 1.10. The lowest BCUT2D eigenvalue weighted by Crippen LogP contribution is -1.73. The number of phenols is 1. The minimum absolute atomic E-state index is 0.218. The van der Waals surface area contributed by atoms with Crippen molar-refractivity contribution < 1.29 is 5.11 Å². The molecule has 0 amide bonds. The van der Waals surface area contributed by atoms with Crippen LogP contribution in [0.3, 0.4) is 0 Å². The average Bonchev–Trinajstić information content (AvgIpc) is 2.03. The normalized spacial score (nSPS) is 11.6. The van der Waals surface area contributed by atoms with Gasteiger partial charge in [-0.3, -0.25) is 0 Å². The minimum atomic E-state index is 0.218. The summed E-state index contributed by atoms with van der Waals surface area (Å²) in [5, 5.41) is 9.63. The summed E-state index contributed by atoms with van der Waals surface area (Å²) in [6, 6.07) is 6.76. The summed E-state index contributed by atoms with van der Waals surface area (Å²) in [6.07, 6.45) is 0. The number of hydrogen-bond donors (Lipinski definition) is 1. The van der Waals surface area contributed by atoms with Crippen LogP contribution in [0.25, 0.3) is 5.03 Å². The number of hydrogen-bond acceptors (Lipinski definition) is 1. The van der Waals surface area contributed by atoms with Gasteiger partial charge in [-0.1, -0.05) is 39.7 Å². The standard InChI is InChI=1S/C8H6BrClO/c9-5-8(10)6-2-1-3-7(11)4-6/h1-5,11H/b8-5-. The lowest BCUT2D eigenvalue weighted by atomic mass is 10.2. The second kappa shape index (κ2) is 3.79. The molecule has 0 aliphatic heterocycles. The van der Waals surface area contributed by atoms with Crippen LogP contribution in [0.5, 0.6) is 5.75 Å². The number of benzene rings is 1. The zero-order chi connectivity index (χ0) is 8.27. The van der Waals surface area contributed by atoms with E-state index in [2.05, 4.69) is 15.9 Å². The molecule has 1 nitrogen and oxygen atoms in total. The molecule has 0 saturated carbocycles. The first-order chi connectivity index (χ1) is 5.24. The van der Waals surface area contributed by atoms with Crippen LogP contribution in [-0.4, -0.2) is 5.11 Å². The largest absolute Gasteiger partial charge is 0.508 e. The van der Waals surface area contributed by atoms with Gasteiger partial charge >= 0.3 is 0 Å². The lowest BCUT2D eigenvalue weighted by molar-refractivity contribution is 0.475. The molecule has 3 heteroatoms. The van der Waals surface area contributed by atoms with E-state index in [1.165, 1.54) is 0 Å². The van der Waals surface area contributed by atoms with Gasteiger partial charge in [-0.2, -0.15) is 0 Å². The van der Waals surface area contributed by atoms with Gasteiger partial charge in [0.15, 0.2) is 0 Å². The summed E-state index contributed by atoms with van der Waals surface area (Å²) in [4.78, 5) is 1.60. The molecule has 0 atom stereocenters. The molecule has 0 fully saturated rings. The maximum atomic E-state index is 9.06. The molecular formula is C8H6BrClO. The summed E-state index contributed by atoms with van der Waals surface area (Å²) in [5.41, 5.74) is 0.795. The zero-order valence-corrected chi connectivity index (χ0v) is 7.93. The van der Waals surface area contributed by atoms with Crippen LogP contribution in [0.1, 0.15) is 5.56 Å². The van der Waals surface area contributed by atoms with Gasteiger partial charge in [-0.15, -0.1) is 0 Å². The first-order valence-corrected chi connectivity index (χ1v) is 4.28. The molecule has 11 heavy (non-hydrogen) atoms. The molecule has 58 valence electrons. The molecule has 0 radical (unpaired) electrons. The molecule has 0 spiro atoms. The lowest BCUT2D eigenvalue weighted by Gasteiger charge is -1.97. The van der Waals surface area contributed by atoms with E-state index in [4.69, 9.17) is 16.7 Å². The van der Waals surface area contributed by atoms with Crippen molar-refractivity contribution in [1.29, 1.82) is 0 Å². The van der Waals surface area contributed by atoms with E-state index in [-0.39, 0.29) is 5.75 Å². The van der Waals surface area contributed by atoms with E-state index in [1.807, 2.05) is 6.07 Å². The molecule has 1 aromatic rings. The van der Waals surface area contributed by atoms with Crippen LogP contribution in [0, 0.1) is 0 Å². The Bertz CT molecular complexity index is 283. The molecule has 0 saturated heterocycles. The summed E-state index contributed by atoms with van der Waals surface area (Å²) in [7, 11) is 0. The van der Waals surface area contributed by atoms with Gasteiger partial charge in [0.05, 0.1) is 5.03 Å². The van der Waals surface area contributed by atoms with E-state index in [0.717, 1.165) is 5.56 Å². The Morgan fingerprint density at radius 2 is 2.27 bits per heavy atom. The molecular weight excluding hydrogens is 227 g/mol. The first kappa shape index (κ1) is 8.62. The van der Waals surface area contributed by atoms with Crippen molar-refractivity contribution in [2.75, 3.05) is 0 Å². The molecule has 0 unspecified atom stereocenters. The second-order valence-electron chi connectivity index (χ2n) is 2.01. The number of phenolic OH excluding ortho intramolecular Hbond substituents is 1. The monoisotopic (exact) mass is 232 g/mol. The number of aromatic hydroxyl groups is 1. The quantitative estimate of drug-likeness (QED) is 0.789. The Hall–Kier alpha value is -0.470. The van der Waals surface area contributed by atoms with Crippen LogP contribution in [0.4, 0.5) is 0 Å². The molecule has 0 aliphatic carbocycles. The highest BCUT2D eigenvalue weighted by Crippen LogP contribution is 2.23. The van der Waals surface area contributed by atoms with Gasteiger partial charge in [0.1, 0.15) is 5.75 Å². The van der Waals surface area contributed by atoms with E-state index in [9.17, 15) is 0 Å². The van der Waals surface area contributed by atoms with Crippen LogP contribution >= 0.6 is 27.5 Å². The topological polar surface area (TPSA) is 20.2 Å². The molecule has 1 rings (SSSR count). The van der Waals surface area contributed by atoms with Gasteiger partial charge in [-0.05, 0) is 17.7 Å². The predicted octanol–water partition coefficient (Wildman–Crippen LogP) is 3.32. The van der Waals surface area contributed by atoms with Gasteiger partial charge in [0.2, 0.25) is 0 Å². The molecule has 0 aliphatic rings. The van der Waals surface area contributed by atoms with Gasteiger partial charge in [-0.25, -0.2) is 0 Å². The SMILES string of the molecule is Oc1cccc(/C(Cl)=C/Br)c1. The highest BCUT2D eigenvalue weighted by Gasteiger charge is 1.96. The second-order valence-corrected chi connectivity index (χ2v) is 2.87. The van der Waals surface area contributed by atoms with Crippen LogP contribution in [0.2, 0.25) is 0 Å². The van der Waals surface area contributed by atoms with Gasteiger partial charge < -0.3 is 5.11 Å². The van der Waals surface area contributed by atoms with Crippen molar-refractivity contribution in [2.24, 2.45) is 0 Å². The fourth-order valence-electron chi connectivity index (χ4n) is 0.717. The summed E-state index contributed by atoms with van der Waals surface area (Å²) in [6.45, 7) is 0. The van der Waals surface area contributed by atoms with Gasteiger partial charge in [0, 0.05) is 4.99 Å². The Morgan fingerprint density at radius 1 is 1.55 bits per heavy atom. The zero-order valence-electron chi connectivity index (χ0n) is 5.59. The van der Waals surface area contributed by atoms with Crippen LogP contribution < -0.4 is 0 Å². The molecule has 0 bridgehead atoms. The first-order valence-electron chi connectivity index (χ1n) is 2.99. The third-order valence-electron chi connectivity index (χ3n) is 1.22. The van der Waals surface area contributed by atoms with Crippen LogP contribution in [0.15, 0.2) is 29.3 Å². The third kappa shape index (κ3) is 2.24. The van der Waals surface area contributed by atoms with E-state index in [1.54, 1.807) is 23.2 Å². The van der Waals surface area contributed by atoms with Crippen molar-refractivity contribution in [3.05, 3.63) is 34.8 Å². The molecule has 1 aromatic carbocycles. The third-order valence-corrected chi connectivity index (χ3v) is 2.27. The van der Waals surface area contributed by atoms with Crippen molar-refractivity contribution in [3.8, 4) is 5.75 Å². The Balaban J connectivity index is 3.06. The highest BCUT2D eigenvalue weighted by molar-refractivity contribution is 9.11. The van der Waals surface area contributed by atoms with Crippen LogP contribution in [-0.2, 0) is 0 Å². The maximum Gasteiger partial charge on any atom is 0.116 e. The van der Waals surface area contributed by atoms with Crippen molar-refractivity contribution in [3.63, 3.8) is 0 Å². The van der Waals surface area contributed by atoms with E-state index in [0.29, 0.717) is 5.03 Å². The average molecular weight is 233 g/mol. The molecule has 0 heterocycles. The number of halogens is 2. The highest BCUT2D eigenvalue weighted by atomic mass is 79.9. The van der Waals surface area contributed by atoms with Crippen molar-refractivity contribution >= 4 is 32.6 Å². The van der Waals surface area contributed by atoms with Crippen molar-refractivity contribution in [2.45, 2.75) is 0 Å². The van der Waals surface area contributed by atoms with E-state index < -0.39 is 0 Å². The minimum Gasteiger partial charge on any atom is -0.508 e. The predicted molar refractivity (Wildman–Crippen MR) is 50.9 cm³/mol. The Kier molecular flexibility index (Phi) is 2.97. The molecule has 1 N–H and O–H groups in total. The Labute approximate surface area is 78.4 Å². The maximum absolute atomic E-state index is 9.06. The fraction of sp³-hybridized carbons (Fsp3) is 0.